The number of rotatable bonds is 5. The molecule has 0 amide bonds. The Bertz CT molecular complexity index is 339. The van der Waals surface area contributed by atoms with Crippen LogP contribution in [0.15, 0.2) is 12.4 Å². The van der Waals surface area contributed by atoms with Crippen LogP contribution in [0.4, 0.5) is 5.82 Å². The average Bonchev–Trinajstić information content (AvgIpc) is 2.14. The van der Waals surface area contributed by atoms with Crippen LogP contribution < -0.4 is 5.32 Å². The zero-order valence-electron chi connectivity index (χ0n) is 8.90. The first-order chi connectivity index (χ1) is 7.08. The van der Waals surface area contributed by atoms with Gasteiger partial charge in [-0.2, -0.15) is 0 Å². The van der Waals surface area contributed by atoms with Gasteiger partial charge in [-0.25, -0.2) is 9.97 Å². The number of anilines is 1. The number of carboxylic acid groups (broad SMARTS) is 1. The van der Waals surface area contributed by atoms with Crippen molar-refractivity contribution in [1.29, 1.82) is 0 Å². The van der Waals surface area contributed by atoms with Gasteiger partial charge < -0.3 is 10.4 Å². The lowest BCUT2D eigenvalue weighted by Crippen LogP contribution is -2.13. The number of carboxylic acids is 1. The summed E-state index contributed by atoms with van der Waals surface area (Å²) in [5.74, 6) is 0.175. The summed E-state index contributed by atoms with van der Waals surface area (Å²) in [6.45, 7) is 4.08. The van der Waals surface area contributed by atoms with Gasteiger partial charge in [-0.15, -0.1) is 0 Å². The molecule has 0 aromatic carbocycles. The highest BCUT2D eigenvalue weighted by Crippen LogP contribution is 2.08. The third-order valence-corrected chi connectivity index (χ3v) is 1.76. The summed E-state index contributed by atoms with van der Waals surface area (Å²) in [7, 11) is 0. The predicted octanol–water partition coefficient (Wildman–Crippen LogP) is 1.17. The Hall–Kier alpha value is -1.65. The van der Waals surface area contributed by atoms with E-state index in [9.17, 15) is 4.79 Å². The summed E-state index contributed by atoms with van der Waals surface area (Å²) < 4.78 is 0. The molecule has 1 rings (SSSR count). The van der Waals surface area contributed by atoms with Crippen LogP contribution in [0.3, 0.4) is 0 Å². The number of nitrogens with one attached hydrogen (secondary N) is 1. The SMILES string of the molecule is CC(C)Cc1cc(NCC(=O)O)ncn1. The van der Waals surface area contributed by atoms with Crippen molar-refractivity contribution >= 4 is 11.8 Å². The van der Waals surface area contributed by atoms with E-state index in [2.05, 4.69) is 29.1 Å². The molecule has 0 saturated heterocycles. The van der Waals surface area contributed by atoms with Crippen molar-refractivity contribution in [3.05, 3.63) is 18.1 Å². The summed E-state index contributed by atoms with van der Waals surface area (Å²) in [6, 6.07) is 1.78. The molecule has 0 fully saturated rings. The van der Waals surface area contributed by atoms with Gasteiger partial charge in [0.2, 0.25) is 0 Å². The van der Waals surface area contributed by atoms with E-state index in [1.54, 1.807) is 6.07 Å². The smallest absolute Gasteiger partial charge is 0.322 e. The van der Waals surface area contributed by atoms with Crippen LogP contribution in [0.1, 0.15) is 19.5 Å². The maximum atomic E-state index is 10.3. The fourth-order valence-corrected chi connectivity index (χ4v) is 1.19. The highest BCUT2D eigenvalue weighted by atomic mass is 16.4. The molecule has 1 aromatic heterocycles. The largest absolute Gasteiger partial charge is 0.480 e. The van der Waals surface area contributed by atoms with Gasteiger partial charge in [0, 0.05) is 11.8 Å². The van der Waals surface area contributed by atoms with Gasteiger partial charge in [0.05, 0.1) is 0 Å². The molecule has 0 aliphatic carbocycles. The number of aromatic nitrogens is 2. The lowest BCUT2D eigenvalue weighted by molar-refractivity contribution is -0.134. The normalized spacial score (nSPS) is 10.3. The van der Waals surface area contributed by atoms with Crippen molar-refractivity contribution in [3.8, 4) is 0 Å². The van der Waals surface area contributed by atoms with Gasteiger partial charge in [0.25, 0.3) is 0 Å². The molecule has 0 aliphatic heterocycles. The van der Waals surface area contributed by atoms with E-state index in [4.69, 9.17) is 5.11 Å². The zero-order chi connectivity index (χ0) is 11.3. The minimum atomic E-state index is -0.904. The van der Waals surface area contributed by atoms with Gasteiger partial charge in [-0.3, -0.25) is 4.79 Å². The molecule has 1 heterocycles. The Balaban J connectivity index is 2.61. The van der Waals surface area contributed by atoms with Gasteiger partial charge in [-0.1, -0.05) is 13.8 Å². The Morgan fingerprint density at radius 1 is 1.53 bits per heavy atom. The molecule has 2 N–H and O–H groups in total. The van der Waals surface area contributed by atoms with Gasteiger partial charge >= 0.3 is 5.97 Å². The summed E-state index contributed by atoms with van der Waals surface area (Å²) in [6.07, 6.45) is 2.31. The maximum absolute atomic E-state index is 10.3. The molecule has 0 atom stereocenters. The van der Waals surface area contributed by atoms with E-state index < -0.39 is 5.97 Å². The fourth-order valence-electron chi connectivity index (χ4n) is 1.19. The van der Waals surface area contributed by atoms with Gasteiger partial charge in [0.15, 0.2) is 0 Å². The molecular weight excluding hydrogens is 194 g/mol. The number of nitrogens with zero attached hydrogens (tertiary/aromatic N) is 2. The number of aliphatic carboxylic acids is 1. The van der Waals surface area contributed by atoms with Crippen LogP contribution in [0, 0.1) is 5.92 Å². The van der Waals surface area contributed by atoms with E-state index in [0.29, 0.717) is 11.7 Å². The Labute approximate surface area is 88.6 Å². The van der Waals surface area contributed by atoms with Crippen LogP contribution in [0.5, 0.6) is 0 Å². The Kier molecular flexibility index (Phi) is 4.03. The van der Waals surface area contributed by atoms with E-state index in [-0.39, 0.29) is 6.54 Å². The molecule has 15 heavy (non-hydrogen) atoms. The quantitative estimate of drug-likeness (QED) is 0.761. The molecule has 0 saturated carbocycles. The van der Waals surface area contributed by atoms with E-state index in [0.717, 1.165) is 12.1 Å². The van der Waals surface area contributed by atoms with Crippen LogP contribution in [0.25, 0.3) is 0 Å². The standard InChI is InChI=1S/C10H15N3O2/c1-7(2)3-8-4-9(13-6-12-8)11-5-10(14)15/h4,6-7H,3,5H2,1-2H3,(H,14,15)(H,11,12,13). The minimum Gasteiger partial charge on any atom is -0.480 e. The first-order valence-corrected chi connectivity index (χ1v) is 4.84. The number of hydrogen-bond acceptors (Lipinski definition) is 4. The second-order valence-electron chi connectivity index (χ2n) is 3.74. The third kappa shape index (κ3) is 4.39. The lowest BCUT2D eigenvalue weighted by Gasteiger charge is -2.06. The van der Waals surface area contributed by atoms with Crippen LogP contribution in [-0.4, -0.2) is 27.6 Å². The van der Waals surface area contributed by atoms with Crippen LogP contribution >= 0.6 is 0 Å². The van der Waals surface area contributed by atoms with Crippen molar-refractivity contribution in [2.45, 2.75) is 20.3 Å². The van der Waals surface area contributed by atoms with Crippen molar-refractivity contribution in [3.63, 3.8) is 0 Å². The topological polar surface area (TPSA) is 75.1 Å². The molecule has 0 bridgehead atoms. The highest BCUT2D eigenvalue weighted by Gasteiger charge is 2.02. The van der Waals surface area contributed by atoms with Gasteiger partial charge in [0.1, 0.15) is 18.7 Å². The monoisotopic (exact) mass is 209 g/mol. The highest BCUT2D eigenvalue weighted by molar-refractivity contribution is 5.72. The molecule has 5 nitrogen and oxygen atoms in total. The second-order valence-corrected chi connectivity index (χ2v) is 3.74. The summed E-state index contributed by atoms with van der Waals surface area (Å²) in [4.78, 5) is 18.4. The first kappa shape index (κ1) is 11.4. The first-order valence-electron chi connectivity index (χ1n) is 4.84. The lowest BCUT2D eigenvalue weighted by atomic mass is 10.1. The molecule has 0 unspecified atom stereocenters. The maximum Gasteiger partial charge on any atom is 0.322 e. The second kappa shape index (κ2) is 5.29. The van der Waals surface area contributed by atoms with E-state index >= 15 is 0 Å². The molecule has 82 valence electrons. The molecule has 5 heteroatoms. The zero-order valence-corrected chi connectivity index (χ0v) is 8.90. The Morgan fingerprint density at radius 3 is 2.87 bits per heavy atom. The van der Waals surface area contributed by atoms with Crippen LogP contribution in [-0.2, 0) is 11.2 Å². The van der Waals surface area contributed by atoms with Crippen molar-refractivity contribution in [1.82, 2.24) is 9.97 Å². The summed E-state index contributed by atoms with van der Waals surface area (Å²) in [5, 5.41) is 11.2. The molecule has 0 spiro atoms. The number of hydrogen-bond donors (Lipinski definition) is 2. The van der Waals surface area contributed by atoms with Crippen molar-refractivity contribution < 1.29 is 9.90 Å². The average molecular weight is 209 g/mol. The fraction of sp³-hybridized carbons (Fsp3) is 0.500. The minimum absolute atomic E-state index is 0.127. The molecular formula is C10H15N3O2. The van der Waals surface area contributed by atoms with Gasteiger partial charge in [-0.05, 0) is 12.3 Å². The molecule has 0 radical (unpaired) electrons. The predicted molar refractivity (Wildman–Crippen MR) is 56.7 cm³/mol. The van der Waals surface area contributed by atoms with Crippen LogP contribution in [0.2, 0.25) is 0 Å². The molecule has 1 aromatic rings. The van der Waals surface area contributed by atoms with E-state index in [1.807, 2.05) is 0 Å². The Morgan fingerprint density at radius 2 is 2.27 bits per heavy atom. The summed E-state index contributed by atoms with van der Waals surface area (Å²) in [5.41, 5.74) is 0.924. The van der Waals surface area contributed by atoms with E-state index in [1.165, 1.54) is 6.33 Å². The summed E-state index contributed by atoms with van der Waals surface area (Å²) >= 11 is 0. The number of carbonyl (C=O) groups is 1. The van der Waals surface area contributed by atoms with Crippen molar-refractivity contribution in [2.24, 2.45) is 5.92 Å². The third-order valence-electron chi connectivity index (χ3n) is 1.76. The molecule has 0 aliphatic rings. The van der Waals surface area contributed by atoms with Crippen molar-refractivity contribution in [2.75, 3.05) is 11.9 Å².